The molecule has 2 aliphatic heterocycles. The maximum atomic E-state index is 12.5. The van der Waals surface area contributed by atoms with Crippen LogP contribution in [0.5, 0.6) is 5.75 Å². The molecule has 2 fully saturated rings. The summed E-state index contributed by atoms with van der Waals surface area (Å²) in [5.41, 5.74) is 0.307. The van der Waals surface area contributed by atoms with Gasteiger partial charge < -0.3 is 19.9 Å². The Morgan fingerprint density at radius 1 is 1.39 bits per heavy atom. The molecular weight excluding hydrogens is 298 g/mol. The first-order valence-corrected chi connectivity index (χ1v) is 7.95. The third-order valence-corrected chi connectivity index (χ3v) is 4.79. The highest BCUT2D eigenvalue weighted by atomic mass is 16.3. The van der Waals surface area contributed by atoms with Crippen LogP contribution in [-0.2, 0) is 16.1 Å². The van der Waals surface area contributed by atoms with Gasteiger partial charge in [0.25, 0.3) is 5.56 Å². The summed E-state index contributed by atoms with van der Waals surface area (Å²) in [6.45, 7) is 3.19. The lowest BCUT2D eigenvalue weighted by atomic mass is 9.91. The molecule has 2 N–H and O–H groups in total. The van der Waals surface area contributed by atoms with Gasteiger partial charge in [0.2, 0.25) is 11.8 Å². The zero-order chi connectivity index (χ0) is 16.6. The standard InChI is InChI=1S/C16H21N3O4/c1-10-7-11(20)8-15(22)18(10)6-4-14(21)19-5-2-3-12-13(19)9-17-16(12)23/h7-8,12-13,20H,2-6,9H2,1H3,(H,17,23)/t12-,13-/m1/s1. The number of carbonyl (C=O) groups excluding carboxylic acids is 2. The fraction of sp³-hybridized carbons (Fsp3) is 0.562. The van der Waals surface area contributed by atoms with Crippen LogP contribution in [0.15, 0.2) is 16.9 Å². The lowest BCUT2D eigenvalue weighted by Crippen LogP contribution is -2.49. The van der Waals surface area contributed by atoms with Crippen molar-refractivity contribution < 1.29 is 14.7 Å². The van der Waals surface area contributed by atoms with E-state index in [0.717, 1.165) is 18.9 Å². The van der Waals surface area contributed by atoms with E-state index in [9.17, 15) is 19.5 Å². The number of likely N-dealkylation sites (tertiary alicyclic amines) is 1. The highest BCUT2D eigenvalue weighted by Gasteiger charge is 2.42. The largest absolute Gasteiger partial charge is 0.508 e. The minimum Gasteiger partial charge on any atom is -0.508 e. The molecule has 0 aromatic carbocycles. The molecule has 23 heavy (non-hydrogen) atoms. The summed E-state index contributed by atoms with van der Waals surface area (Å²) in [6.07, 6.45) is 1.87. The highest BCUT2D eigenvalue weighted by Crippen LogP contribution is 2.27. The van der Waals surface area contributed by atoms with Gasteiger partial charge in [0.05, 0.1) is 12.0 Å². The summed E-state index contributed by atoms with van der Waals surface area (Å²) >= 11 is 0. The Hall–Kier alpha value is -2.31. The zero-order valence-electron chi connectivity index (χ0n) is 13.1. The molecule has 0 radical (unpaired) electrons. The van der Waals surface area contributed by atoms with Gasteiger partial charge in [-0.05, 0) is 25.8 Å². The van der Waals surface area contributed by atoms with E-state index in [0.29, 0.717) is 18.8 Å². The number of piperidine rings is 1. The number of carbonyl (C=O) groups is 2. The predicted octanol–water partition coefficient (Wildman–Crippen LogP) is -0.0106. The second-order valence-corrected chi connectivity index (χ2v) is 6.24. The van der Waals surface area contributed by atoms with Gasteiger partial charge in [-0.2, -0.15) is 0 Å². The number of rotatable bonds is 3. The van der Waals surface area contributed by atoms with Gasteiger partial charge in [0.1, 0.15) is 5.75 Å². The first kappa shape index (κ1) is 15.6. The van der Waals surface area contributed by atoms with Gasteiger partial charge in [0, 0.05) is 37.8 Å². The van der Waals surface area contributed by atoms with Gasteiger partial charge >= 0.3 is 0 Å². The van der Waals surface area contributed by atoms with Crippen molar-refractivity contribution in [2.75, 3.05) is 13.1 Å². The molecule has 2 aliphatic rings. The Bertz CT molecular complexity index is 697. The van der Waals surface area contributed by atoms with Crippen molar-refractivity contribution in [2.24, 2.45) is 5.92 Å². The van der Waals surface area contributed by atoms with Gasteiger partial charge in [-0.15, -0.1) is 0 Å². The number of fused-ring (bicyclic) bond motifs is 1. The Morgan fingerprint density at radius 3 is 2.91 bits per heavy atom. The number of amides is 2. The molecule has 3 rings (SSSR count). The molecule has 1 aromatic rings. The van der Waals surface area contributed by atoms with E-state index in [4.69, 9.17) is 0 Å². The topological polar surface area (TPSA) is 91.6 Å². The summed E-state index contributed by atoms with van der Waals surface area (Å²) in [6, 6.07) is 2.59. The van der Waals surface area contributed by atoms with E-state index >= 15 is 0 Å². The fourth-order valence-electron chi connectivity index (χ4n) is 3.61. The molecule has 0 saturated carbocycles. The summed E-state index contributed by atoms with van der Waals surface area (Å²) < 4.78 is 1.48. The molecular formula is C16H21N3O4. The van der Waals surface area contributed by atoms with Crippen LogP contribution < -0.4 is 10.9 Å². The van der Waals surface area contributed by atoms with Gasteiger partial charge in [-0.25, -0.2) is 0 Å². The number of nitrogens with one attached hydrogen (secondary N) is 1. The summed E-state index contributed by atoms with van der Waals surface area (Å²) in [4.78, 5) is 38.0. The van der Waals surface area contributed by atoms with Crippen LogP contribution in [0.1, 0.15) is 25.0 Å². The molecule has 0 spiro atoms. The third kappa shape index (κ3) is 2.95. The molecule has 2 atom stereocenters. The molecule has 7 heteroatoms. The van der Waals surface area contributed by atoms with Crippen LogP contribution in [0.3, 0.4) is 0 Å². The van der Waals surface area contributed by atoms with E-state index in [1.807, 2.05) is 0 Å². The molecule has 124 valence electrons. The molecule has 0 unspecified atom stereocenters. The van der Waals surface area contributed by atoms with Crippen molar-refractivity contribution in [1.82, 2.24) is 14.8 Å². The van der Waals surface area contributed by atoms with E-state index in [-0.39, 0.29) is 48.0 Å². The summed E-state index contributed by atoms with van der Waals surface area (Å²) in [5, 5.41) is 12.2. The molecule has 7 nitrogen and oxygen atoms in total. The Balaban J connectivity index is 1.68. The lowest BCUT2D eigenvalue weighted by Gasteiger charge is -2.36. The van der Waals surface area contributed by atoms with E-state index < -0.39 is 0 Å². The van der Waals surface area contributed by atoms with Crippen LogP contribution in [0, 0.1) is 12.8 Å². The lowest BCUT2D eigenvalue weighted by molar-refractivity contribution is -0.137. The Morgan fingerprint density at radius 2 is 2.17 bits per heavy atom. The fourth-order valence-corrected chi connectivity index (χ4v) is 3.61. The minimum absolute atomic E-state index is 0.0319. The number of pyridine rings is 1. The van der Waals surface area contributed by atoms with Crippen LogP contribution in [0.2, 0.25) is 0 Å². The Kier molecular flexibility index (Phi) is 4.11. The van der Waals surface area contributed by atoms with Crippen LogP contribution >= 0.6 is 0 Å². The molecule has 0 aliphatic carbocycles. The first-order valence-electron chi connectivity index (χ1n) is 7.95. The van der Waals surface area contributed by atoms with Gasteiger partial charge in [0.15, 0.2) is 0 Å². The average Bonchev–Trinajstić information content (AvgIpc) is 2.87. The van der Waals surface area contributed by atoms with Crippen molar-refractivity contribution in [2.45, 2.75) is 38.8 Å². The van der Waals surface area contributed by atoms with E-state index in [1.165, 1.54) is 10.6 Å². The average molecular weight is 319 g/mol. The maximum absolute atomic E-state index is 12.5. The van der Waals surface area contributed by atoms with Crippen molar-refractivity contribution in [3.63, 3.8) is 0 Å². The zero-order valence-corrected chi connectivity index (χ0v) is 13.1. The maximum Gasteiger partial charge on any atom is 0.254 e. The summed E-state index contributed by atoms with van der Waals surface area (Å²) in [7, 11) is 0. The second kappa shape index (κ2) is 6.06. The van der Waals surface area contributed by atoms with Crippen LogP contribution in [-0.4, -0.2) is 45.5 Å². The molecule has 1 aromatic heterocycles. The van der Waals surface area contributed by atoms with Gasteiger partial charge in [-0.1, -0.05) is 0 Å². The smallest absolute Gasteiger partial charge is 0.254 e. The number of aromatic nitrogens is 1. The second-order valence-electron chi connectivity index (χ2n) is 6.24. The minimum atomic E-state index is -0.315. The van der Waals surface area contributed by atoms with E-state index in [2.05, 4.69) is 5.32 Å². The third-order valence-electron chi connectivity index (χ3n) is 4.79. The molecule has 2 saturated heterocycles. The number of nitrogens with zero attached hydrogens (tertiary/aromatic N) is 2. The summed E-state index contributed by atoms with van der Waals surface area (Å²) in [5.74, 6) is -0.149. The van der Waals surface area contributed by atoms with Crippen molar-refractivity contribution >= 4 is 11.8 Å². The number of hydrogen-bond acceptors (Lipinski definition) is 4. The van der Waals surface area contributed by atoms with Gasteiger partial charge in [-0.3, -0.25) is 14.4 Å². The van der Waals surface area contributed by atoms with E-state index in [1.54, 1.807) is 11.8 Å². The number of aryl methyl sites for hydroxylation is 1. The first-order chi connectivity index (χ1) is 11.0. The number of aromatic hydroxyl groups is 1. The quantitative estimate of drug-likeness (QED) is 0.820. The SMILES string of the molecule is Cc1cc(O)cc(=O)n1CCC(=O)N1CCC[C@H]2C(=O)NC[C@H]21. The molecule has 2 amide bonds. The van der Waals surface area contributed by atoms with Crippen molar-refractivity contribution in [1.29, 1.82) is 0 Å². The molecule has 3 heterocycles. The normalized spacial score (nSPS) is 23.5. The number of hydrogen-bond donors (Lipinski definition) is 2. The predicted molar refractivity (Wildman–Crippen MR) is 83.0 cm³/mol. The molecule has 0 bridgehead atoms. The van der Waals surface area contributed by atoms with Crippen molar-refractivity contribution in [3.8, 4) is 5.75 Å². The van der Waals surface area contributed by atoms with Crippen LogP contribution in [0.4, 0.5) is 0 Å². The highest BCUT2D eigenvalue weighted by molar-refractivity contribution is 5.84. The Labute approximate surface area is 133 Å². The van der Waals surface area contributed by atoms with Crippen molar-refractivity contribution in [3.05, 3.63) is 28.2 Å². The van der Waals surface area contributed by atoms with Crippen LogP contribution in [0.25, 0.3) is 0 Å². The monoisotopic (exact) mass is 319 g/mol.